The van der Waals surface area contributed by atoms with Gasteiger partial charge in [-0.1, -0.05) is 18.2 Å². The van der Waals surface area contributed by atoms with Crippen LogP contribution in [0.5, 0.6) is 5.75 Å². The molecule has 0 bridgehead atoms. The maximum atomic E-state index is 12.9. The van der Waals surface area contributed by atoms with Gasteiger partial charge in [0, 0.05) is 25.5 Å². The molecule has 0 aliphatic carbocycles. The molecule has 1 aromatic carbocycles. The third kappa shape index (κ3) is 3.66. The minimum Gasteiger partial charge on any atom is -0.486 e. The molecule has 1 amide bonds. The summed E-state index contributed by atoms with van der Waals surface area (Å²) < 4.78 is 7.93. The molecule has 3 aromatic rings. The lowest BCUT2D eigenvalue weighted by atomic mass is 10.1. The molecule has 3 heterocycles. The lowest BCUT2D eigenvalue weighted by Crippen LogP contribution is -2.40. The highest BCUT2D eigenvalue weighted by molar-refractivity contribution is 5.97. The second-order valence-corrected chi connectivity index (χ2v) is 6.96. The fraction of sp³-hybridized carbons (Fsp3) is 0.333. The average Bonchev–Trinajstić information content (AvgIpc) is 3.11. The van der Waals surface area contributed by atoms with Gasteiger partial charge in [-0.2, -0.15) is 0 Å². The molecule has 4 rings (SSSR count). The Morgan fingerprint density at radius 1 is 1.22 bits per heavy atom. The van der Waals surface area contributed by atoms with Gasteiger partial charge in [-0.25, -0.2) is 4.98 Å². The number of fused-ring (bicyclic) bond motifs is 1. The number of amides is 1. The zero-order valence-corrected chi connectivity index (χ0v) is 15.3. The number of imidazole rings is 1. The lowest BCUT2D eigenvalue weighted by molar-refractivity contribution is 0.0543. The summed E-state index contributed by atoms with van der Waals surface area (Å²) in [5.41, 5.74) is 3.38. The molecule has 1 aliphatic heterocycles. The van der Waals surface area contributed by atoms with Crippen molar-refractivity contribution in [2.75, 3.05) is 13.1 Å². The van der Waals surface area contributed by atoms with Crippen LogP contribution in [0.2, 0.25) is 0 Å². The van der Waals surface area contributed by atoms with Gasteiger partial charge in [0.05, 0.1) is 17.4 Å². The van der Waals surface area contributed by atoms with E-state index < -0.39 is 0 Å². The molecule has 0 atom stereocenters. The van der Waals surface area contributed by atoms with Crippen LogP contribution < -0.4 is 4.74 Å². The fourth-order valence-corrected chi connectivity index (χ4v) is 3.43. The third-order valence-corrected chi connectivity index (χ3v) is 4.97. The molecule has 0 spiro atoms. The summed E-state index contributed by atoms with van der Waals surface area (Å²) in [6, 6.07) is 11.3. The number of aromatic nitrogens is 2. The number of carbonyl (C=O) groups is 1. The van der Waals surface area contributed by atoms with Gasteiger partial charge in [0.25, 0.3) is 5.91 Å². The number of aliphatic hydroxyl groups excluding tert-OH is 1. The van der Waals surface area contributed by atoms with Crippen LogP contribution in [0.1, 0.15) is 34.5 Å². The number of piperidine rings is 1. The highest BCUT2D eigenvalue weighted by Crippen LogP contribution is 2.23. The molecule has 2 aromatic heterocycles. The van der Waals surface area contributed by atoms with Gasteiger partial charge in [0.15, 0.2) is 0 Å². The monoisotopic (exact) mass is 365 g/mol. The number of pyridine rings is 1. The summed E-state index contributed by atoms with van der Waals surface area (Å²) in [7, 11) is 0. The van der Waals surface area contributed by atoms with Gasteiger partial charge >= 0.3 is 0 Å². The first kappa shape index (κ1) is 17.5. The summed E-state index contributed by atoms with van der Waals surface area (Å²) >= 11 is 0. The number of benzene rings is 1. The highest BCUT2D eigenvalue weighted by atomic mass is 16.5. The van der Waals surface area contributed by atoms with Crippen LogP contribution in [0.3, 0.4) is 0 Å². The van der Waals surface area contributed by atoms with Crippen LogP contribution >= 0.6 is 0 Å². The van der Waals surface area contributed by atoms with Crippen LogP contribution in [-0.2, 0) is 6.61 Å². The van der Waals surface area contributed by atoms with Gasteiger partial charge in [0.2, 0.25) is 0 Å². The van der Waals surface area contributed by atoms with E-state index >= 15 is 0 Å². The first-order valence-corrected chi connectivity index (χ1v) is 9.24. The third-order valence-electron chi connectivity index (χ3n) is 4.97. The summed E-state index contributed by atoms with van der Waals surface area (Å²) in [6.07, 6.45) is 4.84. The van der Waals surface area contributed by atoms with Crippen molar-refractivity contribution in [3.8, 4) is 5.75 Å². The van der Waals surface area contributed by atoms with Crippen LogP contribution in [0.15, 0.2) is 48.8 Å². The Hall–Kier alpha value is -2.86. The summed E-state index contributed by atoms with van der Waals surface area (Å²) in [4.78, 5) is 19.3. The predicted octanol–water partition coefficient (Wildman–Crippen LogP) is 2.82. The largest absolute Gasteiger partial charge is 0.486 e. The number of rotatable bonds is 4. The molecule has 0 unspecified atom stereocenters. The number of likely N-dealkylation sites (tertiary alicyclic amines) is 1. The van der Waals surface area contributed by atoms with Crippen LogP contribution in [0.25, 0.3) is 5.65 Å². The summed E-state index contributed by atoms with van der Waals surface area (Å²) in [5.74, 6) is 0.505. The molecule has 0 radical (unpaired) electrons. The Morgan fingerprint density at radius 2 is 2.00 bits per heavy atom. The van der Waals surface area contributed by atoms with Crippen molar-refractivity contribution in [3.05, 3.63) is 65.6 Å². The smallest absolute Gasteiger partial charge is 0.257 e. The van der Waals surface area contributed by atoms with Gasteiger partial charge in [-0.3, -0.25) is 4.79 Å². The van der Waals surface area contributed by atoms with E-state index in [1.807, 2.05) is 54.0 Å². The van der Waals surface area contributed by atoms with Crippen molar-refractivity contribution in [3.63, 3.8) is 0 Å². The van der Waals surface area contributed by atoms with E-state index in [0.717, 1.165) is 16.9 Å². The standard InChI is InChI=1S/C21H23N3O3/c1-15-5-4-10-24-13-16(22-20(15)24)14-27-19-7-3-2-6-18(19)21(26)23-11-8-17(25)9-12-23/h2-7,10,13,17,25H,8-9,11-12,14H2,1H3. The van der Waals surface area contributed by atoms with Gasteiger partial charge in [-0.05, 0) is 43.5 Å². The number of hydrogen-bond acceptors (Lipinski definition) is 4. The quantitative estimate of drug-likeness (QED) is 0.772. The van der Waals surface area contributed by atoms with Crippen molar-refractivity contribution in [2.45, 2.75) is 32.5 Å². The molecular formula is C21H23N3O3. The van der Waals surface area contributed by atoms with Gasteiger partial charge < -0.3 is 19.1 Å². The van der Waals surface area contributed by atoms with E-state index in [1.165, 1.54) is 0 Å². The zero-order chi connectivity index (χ0) is 18.8. The van der Waals surface area contributed by atoms with Crippen molar-refractivity contribution >= 4 is 11.6 Å². The SMILES string of the molecule is Cc1cccn2cc(COc3ccccc3C(=O)N3CCC(O)CC3)nc12. The zero-order valence-electron chi connectivity index (χ0n) is 15.3. The van der Waals surface area contributed by atoms with Crippen molar-refractivity contribution in [1.82, 2.24) is 14.3 Å². The number of para-hydroxylation sites is 1. The number of ether oxygens (including phenoxy) is 1. The summed E-state index contributed by atoms with van der Waals surface area (Å²) in [5, 5.41) is 9.65. The molecule has 1 aliphatic rings. The van der Waals surface area contributed by atoms with E-state index in [1.54, 1.807) is 11.0 Å². The Bertz CT molecular complexity index is 958. The van der Waals surface area contributed by atoms with E-state index in [9.17, 15) is 9.90 Å². The Morgan fingerprint density at radius 3 is 2.78 bits per heavy atom. The molecule has 27 heavy (non-hydrogen) atoms. The molecule has 6 heteroatoms. The first-order valence-electron chi connectivity index (χ1n) is 9.24. The van der Waals surface area contributed by atoms with Crippen LogP contribution in [0.4, 0.5) is 0 Å². The van der Waals surface area contributed by atoms with Gasteiger partial charge in [0.1, 0.15) is 18.0 Å². The first-order chi connectivity index (χ1) is 13.1. The molecule has 6 nitrogen and oxygen atoms in total. The topological polar surface area (TPSA) is 67.1 Å². The molecule has 1 N–H and O–H groups in total. The number of hydrogen-bond donors (Lipinski definition) is 1. The number of aliphatic hydroxyl groups is 1. The van der Waals surface area contributed by atoms with Crippen molar-refractivity contribution in [2.24, 2.45) is 0 Å². The maximum absolute atomic E-state index is 12.9. The number of carbonyl (C=O) groups excluding carboxylic acids is 1. The molecule has 0 saturated carbocycles. The van der Waals surface area contributed by atoms with Crippen molar-refractivity contribution in [1.29, 1.82) is 0 Å². The number of nitrogens with zero attached hydrogens (tertiary/aromatic N) is 3. The molecule has 140 valence electrons. The maximum Gasteiger partial charge on any atom is 0.257 e. The molecular weight excluding hydrogens is 342 g/mol. The number of aryl methyl sites for hydroxylation is 1. The normalized spacial score (nSPS) is 15.3. The van der Waals surface area contributed by atoms with E-state index in [-0.39, 0.29) is 12.0 Å². The van der Waals surface area contributed by atoms with Crippen LogP contribution in [0, 0.1) is 6.92 Å². The van der Waals surface area contributed by atoms with Crippen LogP contribution in [-0.4, -0.2) is 44.5 Å². The second-order valence-electron chi connectivity index (χ2n) is 6.96. The van der Waals surface area contributed by atoms with Crippen molar-refractivity contribution < 1.29 is 14.6 Å². The minimum absolute atomic E-state index is 0.0525. The molecule has 1 fully saturated rings. The lowest BCUT2D eigenvalue weighted by Gasteiger charge is -2.30. The average molecular weight is 365 g/mol. The predicted molar refractivity (Wildman–Crippen MR) is 102 cm³/mol. The summed E-state index contributed by atoms with van der Waals surface area (Å²) in [6.45, 7) is 3.46. The Labute approximate surface area is 158 Å². The Kier molecular flexibility index (Phi) is 4.81. The van der Waals surface area contributed by atoms with Gasteiger partial charge in [-0.15, -0.1) is 0 Å². The Balaban J connectivity index is 1.50. The second kappa shape index (κ2) is 7.40. The minimum atomic E-state index is -0.306. The fourth-order valence-electron chi connectivity index (χ4n) is 3.43. The molecule has 1 saturated heterocycles. The van der Waals surface area contributed by atoms with E-state index in [0.29, 0.717) is 43.9 Å². The van der Waals surface area contributed by atoms with E-state index in [4.69, 9.17) is 4.74 Å². The highest BCUT2D eigenvalue weighted by Gasteiger charge is 2.24. The van der Waals surface area contributed by atoms with E-state index in [2.05, 4.69) is 4.98 Å².